The van der Waals surface area contributed by atoms with Crippen molar-refractivity contribution in [1.29, 1.82) is 0 Å². The number of aryl methyl sites for hydroxylation is 2. The lowest BCUT2D eigenvalue weighted by Gasteiger charge is -2.12. The van der Waals surface area contributed by atoms with Crippen molar-refractivity contribution in [3.8, 4) is 0 Å². The summed E-state index contributed by atoms with van der Waals surface area (Å²) in [5.41, 5.74) is 6.66. The van der Waals surface area contributed by atoms with Gasteiger partial charge < -0.3 is 10.6 Å². The van der Waals surface area contributed by atoms with Crippen LogP contribution in [0.3, 0.4) is 0 Å². The molecule has 0 saturated carbocycles. The van der Waals surface area contributed by atoms with Crippen LogP contribution in [0, 0.1) is 39.3 Å². The van der Waals surface area contributed by atoms with Crippen molar-refractivity contribution in [1.82, 2.24) is 19.6 Å². The molecule has 182 valence electrons. The molecule has 35 heavy (non-hydrogen) atoms. The molecule has 0 atom stereocenters. The minimum atomic E-state index is -0.377. The SMILES string of the molecule is Cc1nn(Cc2ccc(F)cc2)c(C)c1NC(=S)Nc1c(C)nn(Cc2ccc(F)cc2Cl)c1C. The highest BCUT2D eigenvalue weighted by atomic mass is 35.5. The molecule has 2 aromatic carbocycles. The van der Waals surface area contributed by atoms with Gasteiger partial charge in [0.25, 0.3) is 0 Å². The van der Waals surface area contributed by atoms with Gasteiger partial charge in [0.05, 0.1) is 47.2 Å². The number of halogens is 3. The number of aromatic nitrogens is 4. The Labute approximate surface area is 212 Å². The smallest absolute Gasteiger partial charge is 0.175 e. The highest BCUT2D eigenvalue weighted by Gasteiger charge is 2.17. The Balaban J connectivity index is 1.48. The first kappa shape index (κ1) is 24.8. The summed E-state index contributed by atoms with van der Waals surface area (Å²) in [5.74, 6) is -0.645. The van der Waals surface area contributed by atoms with E-state index in [1.807, 2.05) is 32.4 Å². The van der Waals surface area contributed by atoms with Crippen LogP contribution >= 0.6 is 23.8 Å². The first-order valence-electron chi connectivity index (χ1n) is 11.0. The molecule has 2 heterocycles. The van der Waals surface area contributed by atoms with Gasteiger partial charge in [0.2, 0.25) is 0 Å². The van der Waals surface area contributed by atoms with Crippen LogP contribution in [-0.4, -0.2) is 24.7 Å². The molecule has 0 aliphatic carbocycles. The normalized spacial score (nSPS) is 11.1. The van der Waals surface area contributed by atoms with E-state index in [2.05, 4.69) is 20.8 Å². The number of thiocarbonyl (C=S) groups is 1. The lowest BCUT2D eigenvalue weighted by atomic mass is 10.2. The Morgan fingerprint density at radius 3 is 1.89 bits per heavy atom. The summed E-state index contributed by atoms with van der Waals surface area (Å²) in [7, 11) is 0. The van der Waals surface area contributed by atoms with Gasteiger partial charge in [-0.15, -0.1) is 0 Å². The Hall–Kier alpha value is -3.30. The summed E-state index contributed by atoms with van der Waals surface area (Å²) in [5, 5.41) is 16.4. The van der Waals surface area contributed by atoms with Crippen molar-refractivity contribution in [2.75, 3.05) is 10.6 Å². The zero-order valence-electron chi connectivity index (χ0n) is 19.8. The van der Waals surface area contributed by atoms with Crippen molar-refractivity contribution in [2.45, 2.75) is 40.8 Å². The second-order valence-corrected chi connectivity index (χ2v) is 9.16. The quantitative estimate of drug-likeness (QED) is 0.302. The Morgan fingerprint density at radius 2 is 1.34 bits per heavy atom. The van der Waals surface area contributed by atoms with Crippen LogP contribution < -0.4 is 10.6 Å². The van der Waals surface area contributed by atoms with Gasteiger partial charge in [0.1, 0.15) is 11.6 Å². The van der Waals surface area contributed by atoms with Crippen molar-refractivity contribution in [2.24, 2.45) is 0 Å². The molecule has 0 amide bonds. The molecule has 0 unspecified atom stereocenters. The minimum Gasteiger partial charge on any atom is -0.329 e. The van der Waals surface area contributed by atoms with E-state index < -0.39 is 0 Å². The lowest BCUT2D eigenvalue weighted by Crippen LogP contribution is -2.21. The molecule has 0 radical (unpaired) electrons. The van der Waals surface area contributed by atoms with Gasteiger partial charge in [-0.2, -0.15) is 10.2 Å². The van der Waals surface area contributed by atoms with Gasteiger partial charge in [-0.05, 0) is 75.3 Å². The van der Waals surface area contributed by atoms with Crippen molar-refractivity contribution in [3.05, 3.63) is 93.0 Å². The molecular formula is C25H25ClF2N6S. The van der Waals surface area contributed by atoms with E-state index in [4.69, 9.17) is 23.8 Å². The summed E-state index contributed by atoms with van der Waals surface area (Å²) >= 11 is 11.8. The summed E-state index contributed by atoms with van der Waals surface area (Å²) in [6.07, 6.45) is 0. The van der Waals surface area contributed by atoms with Crippen LogP contribution in [0.4, 0.5) is 20.2 Å². The topological polar surface area (TPSA) is 59.7 Å². The summed E-state index contributed by atoms with van der Waals surface area (Å²) in [6.45, 7) is 8.60. The fraction of sp³-hybridized carbons (Fsp3) is 0.240. The molecule has 0 saturated heterocycles. The predicted molar refractivity (Wildman–Crippen MR) is 139 cm³/mol. The molecule has 4 aromatic rings. The van der Waals surface area contributed by atoms with Crippen LogP contribution in [0.2, 0.25) is 5.02 Å². The van der Waals surface area contributed by atoms with E-state index in [0.717, 1.165) is 45.3 Å². The molecule has 0 aliphatic heterocycles. The number of benzene rings is 2. The number of nitrogens with zero attached hydrogens (tertiary/aromatic N) is 4. The van der Waals surface area contributed by atoms with Gasteiger partial charge in [0, 0.05) is 5.02 Å². The molecule has 6 nitrogen and oxygen atoms in total. The molecular weight excluding hydrogens is 490 g/mol. The van der Waals surface area contributed by atoms with Crippen LogP contribution in [0.5, 0.6) is 0 Å². The monoisotopic (exact) mass is 514 g/mol. The largest absolute Gasteiger partial charge is 0.329 e. The molecule has 2 aromatic heterocycles. The Kier molecular flexibility index (Phi) is 7.18. The molecule has 4 rings (SSSR count). The number of hydrogen-bond acceptors (Lipinski definition) is 3. The third-order valence-electron chi connectivity index (χ3n) is 5.82. The lowest BCUT2D eigenvalue weighted by molar-refractivity contribution is 0.622. The summed E-state index contributed by atoms with van der Waals surface area (Å²) < 4.78 is 30.3. The zero-order valence-corrected chi connectivity index (χ0v) is 21.4. The predicted octanol–water partition coefficient (Wildman–Crippen LogP) is 6.15. The fourth-order valence-electron chi connectivity index (χ4n) is 3.90. The number of anilines is 2. The third kappa shape index (κ3) is 5.52. The fourth-order valence-corrected chi connectivity index (χ4v) is 4.33. The van der Waals surface area contributed by atoms with E-state index in [1.165, 1.54) is 24.3 Å². The van der Waals surface area contributed by atoms with E-state index in [1.54, 1.807) is 22.9 Å². The van der Waals surface area contributed by atoms with Crippen LogP contribution in [0.25, 0.3) is 0 Å². The van der Waals surface area contributed by atoms with Crippen molar-refractivity contribution in [3.63, 3.8) is 0 Å². The number of hydrogen-bond donors (Lipinski definition) is 2. The number of rotatable bonds is 6. The van der Waals surface area contributed by atoms with Crippen molar-refractivity contribution < 1.29 is 8.78 Å². The van der Waals surface area contributed by atoms with E-state index in [0.29, 0.717) is 23.2 Å². The molecule has 10 heteroatoms. The zero-order chi connectivity index (χ0) is 25.3. The molecule has 2 N–H and O–H groups in total. The Morgan fingerprint density at radius 1 is 0.829 bits per heavy atom. The number of nitrogens with one attached hydrogen (secondary N) is 2. The highest BCUT2D eigenvalue weighted by Crippen LogP contribution is 2.25. The minimum absolute atomic E-state index is 0.268. The van der Waals surface area contributed by atoms with Gasteiger partial charge in [-0.3, -0.25) is 9.36 Å². The third-order valence-corrected chi connectivity index (χ3v) is 6.38. The van der Waals surface area contributed by atoms with E-state index in [9.17, 15) is 8.78 Å². The maximum atomic E-state index is 13.4. The van der Waals surface area contributed by atoms with Gasteiger partial charge in [0.15, 0.2) is 5.11 Å². The Bertz CT molecular complexity index is 1390. The summed E-state index contributed by atoms with van der Waals surface area (Å²) in [6, 6.07) is 10.7. The first-order chi connectivity index (χ1) is 16.6. The average molecular weight is 515 g/mol. The second-order valence-electron chi connectivity index (χ2n) is 8.35. The van der Waals surface area contributed by atoms with Gasteiger partial charge in [-0.25, -0.2) is 8.78 Å². The molecule has 0 aliphatic rings. The average Bonchev–Trinajstić information content (AvgIpc) is 3.21. The second kappa shape index (κ2) is 10.1. The molecule has 0 spiro atoms. The van der Waals surface area contributed by atoms with E-state index in [-0.39, 0.29) is 11.6 Å². The molecule has 0 fully saturated rings. The van der Waals surface area contributed by atoms with Gasteiger partial charge in [-0.1, -0.05) is 29.8 Å². The highest BCUT2D eigenvalue weighted by molar-refractivity contribution is 7.80. The standard InChI is InChI=1S/C25H25ClF2N6S/c1-14-23(16(3)33(31-14)12-18-5-8-20(27)9-6-18)29-25(35)30-24-15(2)32-34(17(24)4)13-19-7-10-21(28)11-22(19)26/h5-11H,12-13H2,1-4H3,(H2,29,30,35). The van der Waals surface area contributed by atoms with Crippen LogP contribution in [0.1, 0.15) is 33.9 Å². The van der Waals surface area contributed by atoms with Crippen LogP contribution in [0.15, 0.2) is 42.5 Å². The summed E-state index contributed by atoms with van der Waals surface area (Å²) in [4.78, 5) is 0. The van der Waals surface area contributed by atoms with E-state index >= 15 is 0 Å². The maximum Gasteiger partial charge on any atom is 0.175 e. The maximum absolute atomic E-state index is 13.4. The van der Waals surface area contributed by atoms with Crippen LogP contribution in [-0.2, 0) is 13.1 Å². The first-order valence-corrected chi connectivity index (χ1v) is 11.8. The van der Waals surface area contributed by atoms with Crippen molar-refractivity contribution >= 4 is 40.3 Å². The molecule has 0 bridgehead atoms. The van der Waals surface area contributed by atoms with Gasteiger partial charge >= 0.3 is 0 Å².